The molecule has 2 rings (SSSR count). The van der Waals surface area contributed by atoms with Gasteiger partial charge in [0, 0.05) is 31.4 Å². The Morgan fingerprint density at radius 1 is 1.36 bits per heavy atom. The summed E-state index contributed by atoms with van der Waals surface area (Å²) in [5, 5.41) is 13.8. The van der Waals surface area contributed by atoms with Crippen LogP contribution in [0.3, 0.4) is 0 Å². The quantitative estimate of drug-likeness (QED) is 0.719. The lowest BCUT2D eigenvalue weighted by atomic mass is 10.0. The molecule has 0 aliphatic carbocycles. The van der Waals surface area contributed by atoms with Gasteiger partial charge in [-0.1, -0.05) is 12.1 Å². The number of sulfonamides is 1. The molecule has 0 radical (unpaired) electrons. The highest BCUT2D eigenvalue weighted by Crippen LogP contribution is 2.21. The van der Waals surface area contributed by atoms with Crippen LogP contribution >= 0.6 is 0 Å². The van der Waals surface area contributed by atoms with Crippen molar-refractivity contribution < 1.29 is 13.5 Å². The van der Waals surface area contributed by atoms with Crippen LogP contribution in [0.4, 0.5) is 5.69 Å². The van der Waals surface area contributed by atoms with Gasteiger partial charge in [0.1, 0.15) is 0 Å². The standard InChI is InChI=1S/C15H25N3O3S/c1-12(16-10-15(19)8-9-18(2)11-15)13-4-6-14(7-5-13)17-22(3,20)21/h4-7,12,16-17,19H,8-11H2,1-3H3. The summed E-state index contributed by atoms with van der Waals surface area (Å²) in [5.74, 6) is 0. The van der Waals surface area contributed by atoms with Gasteiger partial charge in [0.2, 0.25) is 10.0 Å². The number of aliphatic hydroxyl groups is 1. The van der Waals surface area contributed by atoms with Crippen molar-refractivity contribution in [2.75, 3.05) is 37.7 Å². The van der Waals surface area contributed by atoms with E-state index in [4.69, 9.17) is 0 Å². The molecular formula is C15H25N3O3S. The third-order valence-corrected chi connectivity index (χ3v) is 4.58. The first-order valence-electron chi connectivity index (χ1n) is 7.39. The van der Waals surface area contributed by atoms with Crippen LogP contribution < -0.4 is 10.0 Å². The molecule has 3 N–H and O–H groups in total. The third-order valence-electron chi connectivity index (χ3n) is 3.97. The monoisotopic (exact) mass is 327 g/mol. The van der Waals surface area contributed by atoms with Gasteiger partial charge in [0.25, 0.3) is 0 Å². The molecule has 1 saturated heterocycles. The minimum atomic E-state index is -3.25. The van der Waals surface area contributed by atoms with E-state index in [1.165, 1.54) is 0 Å². The Bertz CT molecular complexity index is 603. The van der Waals surface area contributed by atoms with Crippen molar-refractivity contribution in [2.45, 2.75) is 25.0 Å². The zero-order valence-corrected chi connectivity index (χ0v) is 14.2. The first-order chi connectivity index (χ1) is 10.2. The van der Waals surface area contributed by atoms with Gasteiger partial charge in [-0.15, -0.1) is 0 Å². The molecule has 1 heterocycles. The summed E-state index contributed by atoms with van der Waals surface area (Å²) in [5.41, 5.74) is 0.935. The molecule has 0 amide bonds. The molecular weight excluding hydrogens is 302 g/mol. The maximum absolute atomic E-state index is 11.2. The highest BCUT2D eigenvalue weighted by atomic mass is 32.2. The topological polar surface area (TPSA) is 81.7 Å². The Kier molecular flexibility index (Phi) is 5.11. The van der Waals surface area contributed by atoms with Gasteiger partial charge in [-0.2, -0.15) is 0 Å². The zero-order valence-electron chi connectivity index (χ0n) is 13.3. The number of benzene rings is 1. The predicted molar refractivity (Wildman–Crippen MR) is 88.4 cm³/mol. The molecule has 1 aliphatic heterocycles. The maximum Gasteiger partial charge on any atom is 0.229 e. The Morgan fingerprint density at radius 3 is 2.50 bits per heavy atom. The molecule has 1 aromatic rings. The minimum absolute atomic E-state index is 0.0854. The molecule has 124 valence electrons. The summed E-state index contributed by atoms with van der Waals surface area (Å²) in [4.78, 5) is 2.12. The molecule has 0 spiro atoms. The molecule has 1 aromatic carbocycles. The smallest absolute Gasteiger partial charge is 0.229 e. The normalized spacial score (nSPS) is 24.4. The Hall–Kier alpha value is -1.15. The highest BCUT2D eigenvalue weighted by Gasteiger charge is 2.34. The lowest BCUT2D eigenvalue weighted by Crippen LogP contribution is -2.43. The Balaban J connectivity index is 1.91. The van der Waals surface area contributed by atoms with Gasteiger partial charge in [-0.3, -0.25) is 4.72 Å². The molecule has 0 bridgehead atoms. The molecule has 0 aromatic heterocycles. The van der Waals surface area contributed by atoms with E-state index in [9.17, 15) is 13.5 Å². The van der Waals surface area contributed by atoms with Crippen LogP contribution in [0, 0.1) is 0 Å². The van der Waals surface area contributed by atoms with Crippen molar-refractivity contribution in [3.8, 4) is 0 Å². The molecule has 1 aliphatic rings. The molecule has 2 unspecified atom stereocenters. The average Bonchev–Trinajstić information content (AvgIpc) is 2.75. The molecule has 0 saturated carbocycles. The SMILES string of the molecule is CC(NCC1(O)CCN(C)C1)c1ccc(NS(C)(=O)=O)cc1. The number of hydrogen-bond donors (Lipinski definition) is 3. The molecule has 6 nitrogen and oxygen atoms in total. The van der Waals surface area contributed by atoms with Crippen LogP contribution in [0.2, 0.25) is 0 Å². The number of rotatable bonds is 6. The lowest BCUT2D eigenvalue weighted by molar-refractivity contribution is 0.0494. The first kappa shape index (κ1) is 17.2. The Labute approximate surface area is 132 Å². The second-order valence-electron chi connectivity index (χ2n) is 6.31. The number of likely N-dealkylation sites (N-methyl/N-ethyl adjacent to an activating group) is 1. The van der Waals surface area contributed by atoms with Crippen molar-refractivity contribution in [3.63, 3.8) is 0 Å². The number of nitrogens with zero attached hydrogens (tertiary/aromatic N) is 1. The largest absolute Gasteiger partial charge is 0.387 e. The van der Waals surface area contributed by atoms with Crippen molar-refractivity contribution >= 4 is 15.7 Å². The van der Waals surface area contributed by atoms with Gasteiger partial charge in [0.05, 0.1) is 11.9 Å². The first-order valence-corrected chi connectivity index (χ1v) is 9.28. The lowest BCUT2D eigenvalue weighted by Gasteiger charge is -2.25. The van der Waals surface area contributed by atoms with Gasteiger partial charge in [-0.25, -0.2) is 8.42 Å². The summed E-state index contributed by atoms with van der Waals surface area (Å²) in [7, 11) is -1.24. The summed E-state index contributed by atoms with van der Waals surface area (Å²) in [6, 6.07) is 7.34. The van der Waals surface area contributed by atoms with Gasteiger partial charge in [0.15, 0.2) is 0 Å². The van der Waals surface area contributed by atoms with Crippen molar-refractivity contribution in [2.24, 2.45) is 0 Å². The molecule has 2 atom stereocenters. The van der Waals surface area contributed by atoms with Crippen molar-refractivity contribution in [1.29, 1.82) is 0 Å². The van der Waals surface area contributed by atoms with E-state index < -0.39 is 15.6 Å². The van der Waals surface area contributed by atoms with Crippen molar-refractivity contribution in [3.05, 3.63) is 29.8 Å². The summed E-state index contributed by atoms with van der Waals surface area (Å²) >= 11 is 0. The van der Waals surface area contributed by atoms with Crippen LogP contribution in [-0.4, -0.2) is 57.0 Å². The van der Waals surface area contributed by atoms with Crippen LogP contribution in [0.1, 0.15) is 24.9 Å². The molecule has 22 heavy (non-hydrogen) atoms. The summed E-state index contributed by atoms with van der Waals surface area (Å²) in [6.45, 7) is 4.17. The average molecular weight is 327 g/mol. The second kappa shape index (κ2) is 6.54. The summed E-state index contributed by atoms with van der Waals surface area (Å²) in [6.07, 6.45) is 1.91. The third kappa shape index (κ3) is 4.95. The summed E-state index contributed by atoms with van der Waals surface area (Å²) < 4.78 is 24.8. The maximum atomic E-state index is 11.2. The van der Waals surface area contributed by atoms with E-state index in [1.807, 2.05) is 26.1 Å². The van der Waals surface area contributed by atoms with Crippen molar-refractivity contribution in [1.82, 2.24) is 10.2 Å². The van der Waals surface area contributed by atoms with Gasteiger partial charge in [-0.05, 0) is 38.1 Å². The van der Waals surface area contributed by atoms with E-state index in [2.05, 4.69) is 14.9 Å². The fourth-order valence-electron chi connectivity index (χ4n) is 2.72. The van der Waals surface area contributed by atoms with Crippen LogP contribution in [0.25, 0.3) is 0 Å². The van der Waals surface area contributed by atoms with E-state index >= 15 is 0 Å². The second-order valence-corrected chi connectivity index (χ2v) is 8.06. The van der Waals surface area contributed by atoms with Crippen LogP contribution in [0.5, 0.6) is 0 Å². The fourth-order valence-corrected chi connectivity index (χ4v) is 3.28. The molecule has 1 fully saturated rings. The minimum Gasteiger partial charge on any atom is -0.387 e. The van der Waals surface area contributed by atoms with Gasteiger partial charge >= 0.3 is 0 Å². The predicted octanol–water partition coefficient (Wildman–Crippen LogP) is 0.775. The van der Waals surface area contributed by atoms with Crippen LogP contribution in [0.15, 0.2) is 24.3 Å². The number of β-amino-alcohol motifs (C(OH)–C–C–N with tert-alkyl or cyclic N) is 1. The van der Waals surface area contributed by atoms with Gasteiger partial charge < -0.3 is 15.3 Å². The van der Waals surface area contributed by atoms with E-state index in [0.29, 0.717) is 18.8 Å². The zero-order chi connectivity index (χ0) is 16.4. The highest BCUT2D eigenvalue weighted by molar-refractivity contribution is 7.92. The number of anilines is 1. The van der Waals surface area contributed by atoms with E-state index in [1.54, 1.807) is 12.1 Å². The number of hydrogen-bond acceptors (Lipinski definition) is 5. The Morgan fingerprint density at radius 2 is 2.00 bits per heavy atom. The van der Waals surface area contributed by atoms with Crippen LogP contribution in [-0.2, 0) is 10.0 Å². The van der Waals surface area contributed by atoms with E-state index in [-0.39, 0.29) is 6.04 Å². The number of likely N-dealkylation sites (tertiary alicyclic amines) is 1. The van der Waals surface area contributed by atoms with E-state index in [0.717, 1.165) is 24.8 Å². The fraction of sp³-hybridized carbons (Fsp3) is 0.600. The number of nitrogens with one attached hydrogen (secondary N) is 2. The molecule has 7 heteroatoms.